The molecule has 0 amide bonds. The molecule has 2 aromatic heterocycles. The van der Waals surface area contributed by atoms with Crippen LogP contribution in [0.1, 0.15) is 29.0 Å². The first kappa shape index (κ1) is 13.3. The molecule has 3 atom stereocenters. The van der Waals surface area contributed by atoms with Gasteiger partial charge in [-0.3, -0.25) is 0 Å². The molecule has 112 valence electrons. The highest BCUT2D eigenvalue weighted by molar-refractivity contribution is 5.60. The Kier molecular flexibility index (Phi) is 2.92. The van der Waals surface area contributed by atoms with Crippen LogP contribution in [0.15, 0.2) is 48.8 Å². The quantitative estimate of drug-likeness (QED) is 0.722. The van der Waals surface area contributed by atoms with E-state index in [0.29, 0.717) is 17.0 Å². The third-order valence-corrected chi connectivity index (χ3v) is 4.06. The van der Waals surface area contributed by atoms with Gasteiger partial charge in [0.25, 0.3) is 0 Å². The van der Waals surface area contributed by atoms with Gasteiger partial charge in [-0.05, 0) is 18.6 Å². The number of hydrogen-bond donors (Lipinski definition) is 2. The maximum Gasteiger partial charge on any atom is 0.180 e. The van der Waals surface area contributed by atoms with Crippen LogP contribution >= 0.6 is 0 Å². The summed E-state index contributed by atoms with van der Waals surface area (Å²) in [6.45, 7) is 1.90. The number of ether oxygens (including phenoxy) is 1. The molecular formula is C17H16N2O3. The Morgan fingerprint density at radius 2 is 1.91 bits per heavy atom. The van der Waals surface area contributed by atoms with E-state index in [2.05, 4.69) is 4.98 Å². The highest BCUT2D eigenvalue weighted by atomic mass is 16.5. The summed E-state index contributed by atoms with van der Waals surface area (Å²) in [6.07, 6.45) is 1.07. The number of rotatable bonds is 1. The van der Waals surface area contributed by atoms with Crippen LogP contribution in [0.3, 0.4) is 0 Å². The van der Waals surface area contributed by atoms with Gasteiger partial charge in [0, 0.05) is 18.0 Å². The highest BCUT2D eigenvalue weighted by Crippen LogP contribution is 2.42. The molecule has 1 aliphatic heterocycles. The summed E-state index contributed by atoms with van der Waals surface area (Å²) in [7, 11) is 0. The molecule has 22 heavy (non-hydrogen) atoms. The van der Waals surface area contributed by atoms with Crippen LogP contribution in [0.25, 0.3) is 5.65 Å². The van der Waals surface area contributed by atoms with Crippen LogP contribution in [0.5, 0.6) is 5.75 Å². The summed E-state index contributed by atoms with van der Waals surface area (Å²) in [5, 5.41) is 20.9. The maximum absolute atomic E-state index is 10.5. The smallest absolute Gasteiger partial charge is 0.180 e. The van der Waals surface area contributed by atoms with Crippen LogP contribution in [0.4, 0.5) is 0 Å². The molecule has 3 aromatic rings. The normalized spacial score (nSPS) is 24.0. The Balaban J connectivity index is 1.88. The Labute approximate surface area is 127 Å². The Hall–Kier alpha value is -2.37. The van der Waals surface area contributed by atoms with Crippen molar-refractivity contribution < 1.29 is 14.9 Å². The number of pyridine rings is 1. The van der Waals surface area contributed by atoms with Crippen molar-refractivity contribution in [1.29, 1.82) is 0 Å². The molecule has 5 nitrogen and oxygen atoms in total. The third kappa shape index (κ3) is 1.90. The molecule has 0 bridgehead atoms. The minimum absolute atomic E-state index is 0.530. The van der Waals surface area contributed by atoms with Gasteiger partial charge in [0.2, 0.25) is 0 Å². The molecule has 2 N–H and O–H groups in total. The summed E-state index contributed by atoms with van der Waals surface area (Å²) >= 11 is 0. The van der Waals surface area contributed by atoms with Crippen molar-refractivity contribution >= 4 is 5.65 Å². The third-order valence-electron chi connectivity index (χ3n) is 4.06. The summed E-state index contributed by atoms with van der Waals surface area (Å²) in [4.78, 5) is 4.46. The fourth-order valence-electron chi connectivity index (χ4n) is 2.97. The lowest BCUT2D eigenvalue weighted by molar-refractivity contribution is -0.0695. The molecule has 4 rings (SSSR count). The molecule has 0 radical (unpaired) electrons. The van der Waals surface area contributed by atoms with E-state index in [0.717, 1.165) is 11.3 Å². The summed E-state index contributed by atoms with van der Waals surface area (Å²) < 4.78 is 7.90. The monoisotopic (exact) mass is 296 g/mol. The highest BCUT2D eigenvalue weighted by Gasteiger charge is 2.38. The Bertz CT molecular complexity index is 829. The lowest BCUT2D eigenvalue weighted by atomic mass is 9.93. The first-order chi connectivity index (χ1) is 10.6. The zero-order chi connectivity index (χ0) is 15.3. The predicted molar refractivity (Wildman–Crippen MR) is 80.7 cm³/mol. The molecule has 0 saturated heterocycles. The molecule has 1 aliphatic rings. The second kappa shape index (κ2) is 4.83. The summed E-state index contributed by atoms with van der Waals surface area (Å²) in [6, 6.07) is 11.2. The van der Waals surface area contributed by atoms with Crippen LogP contribution in [-0.2, 0) is 0 Å². The van der Waals surface area contributed by atoms with Crippen molar-refractivity contribution in [2.24, 2.45) is 0 Å². The number of benzene rings is 1. The van der Waals surface area contributed by atoms with Gasteiger partial charge in [-0.15, -0.1) is 0 Å². The number of hydrogen-bond acceptors (Lipinski definition) is 4. The van der Waals surface area contributed by atoms with Crippen molar-refractivity contribution in [3.05, 3.63) is 65.6 Å². The molecular weight excluding hydrogens is 280 g/mol. The molecule has 3 heterocycles. The standard InChI is InChI=1S/C17H16N2O3/c1-10-9-19-8-7-12-13(20)14(21)15(11-5-3-2-4-6-11)22-16(12)17(19)18-10/h2-9,13-15,20-21H,1H3/t13-,14+,15-/m1/s1. The summed E-state index contributed by atoms with van der Waals surface area (Å²) in [5.74, 6) is 0.530. The number of imidazole rings is 1. The van der Waals surface area contributed by atoms with E-state index < -0.39 is 18.3 Å². The van der Waals surface area contributed by atoms with Gasteiger partial charge in [-0.2, -0.15) is 0 Å². The second-order valence-electron chi connectivity index (χ2n) is 5.60. The predicted octanol–water partition coefficient (Wildman–Crippen LogP) is 2.17. The van der Waals surface area contributed by atoms with Gasteiger partial charge in [0.05, 0.1) is 5.69 Å². The molecule has 0 unspecified atom stereocenters. The van der Waals surface area contributed by atoms with Crippen LogP contribution < -0.4 is 4.74 Å². The number of aromatic nitrogens is 2. The minimum Gasteiger partial charge on any atom is -0.479 e. The fourth-order valence-corrected chi connectivity index (χ4v) is 2.97. The van der Waals surface area contributed by atoms with E-state index in [9.17, 15) is 10.2 Å². The van der Waals surface area contributed by atoms with Crippen LogP contribution in [-0.4, -0.2) is 25.7 Å². The van der Waals surface area contributed by atoms with Crippen molar-refractivity contribution in [2.75, 3.05) is 0 Å². The van der Waals surface area contributed by atoms with E-state index in [1.165, 1.54) is 0 Å². The van der Waals surface area contributed by atoms with E-state index >= 15 is 0 Å². The molecule has 5 heteroatoms. The van der Waals surface area contributed by atoms with Crippen LogP contribution in [0.2, 0.25) is 0 Å². The van der Waals surface area contributed by atoms with Gasteiger partial charge in [-0.25, -0.2) is 4.98 Å². The first-order valence-electron chi connectivity index (χ1n) is 7.21. The van der Waals surface area contributed by atoms with Crippen molar-refractivity contribution in [3.8, 4) is 5.75 Å². The lowest BCUT2D eigenvalue weighted by Crippen LogP contribution is -2.34. The molecule has 0 saturated carbocycles. The van der Waals surface area contributed by atoms with Crippen molar-refractivity contribution in [1.82, 2.24) is 9.38 Å². The van der Waals surface area contributed by atoms with Crippen LogP contribution in [0, 0.1) is 6.92 Å². The van der Waals surface area contributed by atoms with E-state index in [4.69, 9.17) is 4.74 Å². The Morgan fingerprint density at radius 3 is 2.68 bits per heavy atom. The Morgan fingerprint density at radius 1 is 1.14 bits per heavy atom. The number of aryl methyl sites for hydroxylation is 1. The first-order valence-corrected chi connectivity index (χ1v) is 7.21. The number of aliphatic hydroxyl groups excluding tert-OH is 2. The number of nitrogens with zero attached hydrogens (tertiary/aromatic N) is 2. The fraction of sp³-hybridized carbons (Fsp3) is 0.235. The molecule has 0 fully saturated rings. The van der Waals surface area contributed by atoms with Gasteiger partial charge in [-0.1, -0.05) is 30.3 Å². The summed E-state index contributed by atoms with van der Waals surface area (Å²) in [5.41, 5.74) is 2.92. The lowest BCUT2D eigenvalue weighted by Gasteiger charge is -2.34. The van der Waals surface area contributed by atoms with Gasteiger partial charge < -0.3 is 19.4 Å². The zero-order valence-electron chi connectivity index (χ0n) is 12.0. The van der Waals surface area contributed by atoms with Gasteiger partial charge in [0.15, 0.2) is 17.5 Å². The van der Waals surface area contributed by atoms with Gasteiger partial charge >= 0.3 is 0 Å². The topological polar surface area (TPSA) is 67.0 Å². The maximum atomic E-state index is 10.5. The van der Waals surface area contributed by atoms with Crippen molar-refractivity contribution in [3.63, 3.8) is 0 Å². The molecule has 1 aromatic carbocycles. The van der Waals surface area contributed by atoms with E-state index in [1.54, 1.807) is 6.07 Å². The van der Waals surface area contributed by atoms with E-state index in [1.807, 2.05) is 54.0 Å². The average molecular weight is 296 g/mol. The molecule has 0 spiro atoms. The van der Waals surface area contributed by atoms with E-state index in [-0.39, 0.29) is 0 Å². The average Bonchev–Trinajstić information content (AvgIpc) is 2.92. The zero-order valence-corrected chi connectivity index (χ0v) is 12.0. The SMILES string of the molecule is Cc1cn2ccc3c(c2n1)O[C@H](c1ccccc1)[C@@H](O)[C@@H]3O. The largest absolute Gasteiger partial charge is 0.479 e. The van der Waals surface area contributed by atoms with Gasteiger partial charge in [0.1, 0.15) is 12.2 Å². The minimum atomic E-state index is -1.02. The number of fused-ring (bicyclic) bond motifs is 3. The second-order valence-corrected chi connectivity index (χ2v) is 5.60. The molecule has 0 aliphatic carbocycles. The number of aliphatic hydroxyl groups is 2. The van der Waals surface area contributed by atoms with Crippen molar-refractivity contribution in [2.45, 2.75) is 25.2 Å².